The lowest BCUT2D eigenvalue weighted by Gasteiger charge is -2.22. The first-order chi connectivity index (χ1) is 9.72. The van der Waals surface area contributed by atoms with Crippen molar-refractivity contribution in [1.82, 2.24) is 15.1 Å². The van der Waals surface area contributed by atoms with Crippen molar-refractivity contribution in [3.05, 3.63) is 40.6 Å². The van der Waals surface area contributed by atoms with Gasteiger partial charge in [-0.2, -0.15) is 5.10 Å². The average molecular weight is 334 g/mol. The van der Waals surface area contributed by atoms with Crippen LogP contribution in [0.5, 0.6) is 0 Å². The van der Waals surface area contributed by atoms with Crippen LogP contribution in [-0.4, -0.2) is 22.9 Å². The van der Waals surface area contributed by atoms with Crippen LogP contribution in [0.2, 0.25) is 0 Å². The van der Waals surface area contributed by atoms with Gasteiger partial charge in [-0.05, 0) is 56.5 Å². The minimum Gasteiger partial charge on any atom is -0.317 e. The second-order valence-electron chi connectivity index (χ2n) is 5.55. The van der Waals surface area contributed by atoms with Gasteiger partial charge in [-0.1, -0.05) is 28.1 Å². The number of aryl methyl sites for hydroxylation is 1. The van der Waals surface area contributed by atoms with E-state index in [-0.39, 0.29) is 0 Å². The summed E-state index contributed by atoms with van der Waals surface area (Å²) in [6.07, 6.45) is 4.70. The van der Waals surface area contributed by atoms with Crippen molar-refractivity contribution in [2.45, 2.75) is 26.3 Å². The number of rotatable bonds is 3. The molecule has 0 aliphatic carbocycles. The lowest BCUT2D eigenvalue weighted by Crippen LogP contribution is -2.30. The summed E-state index contributed by atoms with van der Waals surface area (Å²) in [6, 6.07) is 8.42. The quantitative estimate of drug-likeness (QED) is 0.929. The second-order valence-corrected chi connectivity index (χ2v) is 6.47. The Kier molecular flexibility index (Phi) is 4.22. The number of piperidine rings is 1. The van der Waals surface area contributed by atoms with Gasteiger partial charge < -0.3 is 5.32 Å². The first-order valence-electron chi connectivity index (χ1n) is 7.23. The summed E-state index contributed by atoms with van der Waals surface area (Å²) >= 11 is 3.54. The van der Waals surface area contributed by atoms with Crippen LogP contribution in [-0.2, 0) is 6.54 Å². The SMILES string of the molecule is Cc1nn(CC2CCNCC2)cc1-c1cccc(Br)c1. The summed E-state index contributed by atoms with van der Waals surface area (Å²) < 4.78 is 3.24. The standard InChI is InChI=1S/C16H20BrN3/c1-12-16(14-3-2-4-15(17)9-14)11-20(19-12)10-13-5-7-18-8-6-13/h2-4,9,11,13,18H,5-8,10H2,1H3. The average Bonchev–Trinajstić information content (AvgIpc) is 2.81. The van der Waals surface area contributed by atoms with Crippen LogP contribution in [0.15, 0.2) is 34.9 Å². The highest BCUT2D eigenvalue weighted by molar-refractivity contribution is 9.10. The van der Waals surface area contributed by atoms with E-state index < -0.39 is 0 Å². The van der Waals surface area contributed by atoms with Crippen molar-refractivity contribution in [2.75, 3.05) is 13.1 Å². The van der Waals surface area contributed by atoms with E-state index in [9.17, 15) is 0 Å². The third-order valence-electron chi connectivity index (χ3n) is 3.99. The zero-order valence-corrected chi connectivity index (χ0v) is 13.4. The molecule has 0 saturated carbocycles. The number of benzene rings is 1. The van der Waals surface area contributed by atoms with Crippen LogP contribution in [0.1, 0.15) is 18.5 Å². The molecule has 0 amide bonds. The van der Waals surface area contributed by atoms with Gasteiger partial charge in [0.05, 0.1) is 5.69 Å². The maximum Gasteiger partial charge on any atom is 0.0672 e. The van der Waals surface area contributed by atoms with E-state index >= 15 is 0 Å². The predicted molar refractivity (Wildman–Crippen MR) is 85.7 cm³/mol. The van der Waals surface area contributed by atoms with Gasteiger partial charge in [0.15, 0.2) is 0 Å². The molecule has 1 aromatic heterocycles. The van der Waals surface area contributed by atoms with Crippen LogP contribution in [0, 0.1) is 12.8 Å². The number of nitrogens with zero attached hydrogens (tertiary/aromatic N) is 2. The highest BCUT2D eigenvalue weighted by atomic mass is 79.9. The van der Waals surface area contributed by atoms with E-state index in [1.165, 1.54) is 24.0 Å². The minimum absolute atomic E-state index is 0.755. The van der Waals surface area contributed by atoms with Gasteiger partial charge in [-0.3, -0.25) is 4.68 Å². The van der Waals surface area contributed by atoms with Gasteiger partial charge in [0.25, 0.3) is 0 Å². The van der Waals surface area contributed by atoms with Crippen LogP contribution < -0.4 is 5.32 Å². The Morgan fingerprint density at radius 1 is 1.35 bits per heavy atom. The maximum atomic E-state index is 4.69. The molecule has 1 aliphatic heterocycles. The maximum absolute atomic E-state index is 4.69. The summed E-state index contributed by atoms with van der Waals surface area (Å²) in [6.45, 7) is 5.42. The van der Waals surface area contributed by atoms with Crippen molar-refractivity contribution >= 4 is 15.9 Å². The van der Waals surface area contributed by atoms with Gasteiger partial charge in [0, 0.05) is 22.8 Å². The van der Waals surface area contributed by atoms with E-state index in [1.54, 1.807) is 0 Å². The van der Waals surface area contributed by atoms with Crippen molar-refractivity contribution < 1.29 is 0 Å². The van der Waals surface area contributed by atoms with Crippen molar-refractivity contribution in [2.24, 2.45) is 5.92 Å². The number of hydrogen-bond acceptors (Lipinski definition) is 2. The zero-order valence-electron chi connectivity index (χ0n) is 11.8. The Bertz CT molecular complexity index is 585. The molecular formula is C16H20BrN3. The van der Waals surface area contributed by atoms with E-state index in [1.807, 2.05) is 0 Å². The minimum atomic E-state index is 0.755. The molecule has 0 radical (unpaired) electrons. The van der Waals surface area contributed by atoms with Gasteiger partial charge in [0.2, 0.25) is 0 Å². The number of halogens is 1. The summed E-state index contributed by atoms with van der Waals surface area (Å²) in [5.74, 6) is 0.755. The second kappa shape index (κ2) is 6.10. The first kappa shape index (κ1) is 13.8. The lowest BCUT2D eigenvalue weighted by molar-refractivity contribution is 0.321. The molecule has 106 valence electrons. The predicted octanol–water partition coefficient (Wildman–Crippen LogP) is 3.62. The van der Waals surface area contributed by atoms with E-state index in [2.05, 4.69) is 63.3 Å². The molecule has 2 aromatic rings. The topological polar surface area (TPSA) is 29.9 Å². The van der Waals surface area contributed by atoms with E-state index in [0.717, 1.165) is 35.7 Å². The summed E-state index contributed by atoms with van der Waals surface area (Å²) in [5.41, 5.74) is 3.57. The molecular weight excluding hydrogens is 314 g/mol. The Balaban J connectivity index is 1.80. The van der Waals surface area contributed by atoms with Gasteiger partial charge in [-0.25, -0.2) is 0 Å². The summed E-state index contributed by atoms with van der Waals surface area (Å²) in [7, 11) is 0. The molecule has 1 saturated heterocycles. The van der Waals surface area contributed by atoms with Gasteiger partial charge >= 0.3 is 0 Å². The third-order valence-corrected chi connectivity index (χ3v) is 4.48. The number of nitrogens with one attached hydrogen (secondary N) is 1. The van der Waals surface area contributed by atoms with Crippen molar-refractivity contribution in [3.63, 3.8) is 0 Å². The Morgan fingerprint density at radius 3 is 2.90 bits per heavy atom. The molecule has 1 fully saturated rings. The van der Waals surface area contributed by atoms with Crippen molar-refractivity contribution in [1.29, 1.82) is 0 Å². The van der Waals surface area contributed by atoms with Crippen LogP contribution in [0.3, 0.4) is 0 Å². The van der Waals surface area contributed by atoms with Crippen LogP contribution >= 0.6 is 15.9 Å². The number of aromatic nitrogens is 2. The molecule has 0 unspecified atom stereocenters. The fourth-order valence-electron chi connectivity index (χ4n) is 2.88. The fourth-order valence-corrected chi connectivity index (χ4v) is 3.28. The number of hydrogen-bond donors (Lipinski definition) is 1. The van der Waals surface area contributed by atoms with Crippen LogP contribution in [0.4, 0.5) is 0 Å². The third kappa shape index (κ3) is 3.13. The molecule has 0 spiro atoms. The summed E-state index contributed by atoms with van der Waals surface area (Å²) in [4.78, 5) is 0. The Hall–Kier alpha value is -1.13. The summed E-state index contributed by atoms with van der Waals surface area (Å²) in [5, 5.41) is 8.11. The molecule has 1 aromatic carbocycles. The molecule has 4 heteroatoms. The Labute approximate surface area is 128 Å². The first-order valence-corrected chi connectivity index (χ1v) is 8.02. The fraction of sp³-hybridized carbons (Fsp3) is 0.438. The molecule has 2 heterocycles. The normalized spacial score (nSPS) is 16.5. The Morgan fingerprint density at radius 2 is 2.15 bits per heavy atom. The highest BCUT2D eigenvalue weighted by Gasteiger charge is 2.15. The van der Waals surface area contributed by atoms with E-state index in [4.69, 9.17) is 5.10 Å². The van der Waals surface area contributed by atoms with Crippen molar-refractivity contribution in [3.8, 4) is 11.1 Å². The molecule has 0 atom stereocenters. The van der Waals surface area contributed by atoms with Gasteiger partial charge in [0.1, 0.15) is 0 Å². The lowest BCUT2D eigenvalue weighted by atomic mass is 9.98. The monoisotopic (exact) mass is 333 g/mol. The molecule has 3 nitrogen and oxygen atoms in total. The van der Waals surface area contributed by atoms with E-state index in [0.29, 0.717) is 0 Å². The molecule has 1 aliphatic rings. The van der Waals surface area contributed by atoms with Crippen LogP contribution in [0.25, 0.3) is 11.1 Å². The molecule has 0 bridgehead atoms. The molecule has 3 rings (SSSR count). The smallest absolute Gasteiger partial charge is 0.0672 e. The van der Waals surface area contributed by atoms with Gasteiger partial charge in [-0.15, -0.1) is 0 Å². The molecule has 20 heavy (non-hydrogen) atoms. The highest BCUT2D eigenvalue weighted by Crippen LogP contribution is 2.26. The molecule has 1 N–H and O–H groups in total. The largest absolute Gasteiger partial charge is 0.317 e. The zero-order chi connectivity index (χ0) is 13.9.